The van der Waals surface area contributed by atoms with Crippen molar-refractivity contribution in [1.82, 2.24) is 20.1 Å². The SMILES string of the molecule is N#CCc1ccccc1-c1nc(-c2ccncn2)no1. The van der Waals surface area contributed by atoms with Crippen molar-refractivity contribution in [2.75, 3.05) is 0 Å². The second kappa shape index (κ2) is 5.28. The normalized spacial score (nSPS) is 10.2. The van der Waals surface area contributed by atoms with Gasteiger partial charge in [-0.3, -0.25) is 0 Å². The van der Waals surface area contributed by atoms with Crippen LogP contribution in [0.15, 0.2) is 47.4 Å². The average molecular weight is 263 g/mol. The van der Waals surface area contributed by atoms with Crippen molar-refractivity contribution in [2.24, 2.45) is 0 Å². The molecule has 2 aromatic heterocycles. The molecule has 0 aliphatic carbocycles. The van der Waals surface area contributed by atoms with E-state index in [4.69, 9.17) is 9.78 Å². The van der Waals surface area contributed by atoms with Gasteiger partial charge < -0.3 is 4.52 Å². The second-order valence-corrected chi connectivity index (χ2v) is 4.01. The summed E-state index contributed by atoms with van der Waals surface area (Å²) >= 11 is 0. The van der Waals surface area contributed by atoms with E-state index in [-0.39, 0.29) is 0 Å². The average Bonchev–Trinajstić information content (AvgIpc) is 2.99. The van der Waals surface area contributed by atoms with E-state index in [1.807, 2.05) is 24.3 Å². The van der Waals surface area contributed by atoms with Gasteiger partial charge in [0.1, 0.15) is 12.0 Å². The van der Waals surface area contributed by atoms with Gasteiger partial charge >= 0.3 is 0 Å². The zero-order valence-electron chi connectivity index (χ0n) is 10.4. The monoisotopic (exact) mass is 263 g/mol. The van der Waals surface area contributed by atoms with Gasteiger partial charge in [-0.15, -0.1) is 0 Å². The van der Waals surface area contributed by atoms with Crippen LogP contribution in [0.25, 0.3) is 23.0 Å². The van der Waals surface area contributed by atoms with Crippen LogP contribution in [0.1, 0.15) is 5.56 Å². The Hall–Kier alpha value is -3.07. The highest BCUT2D eigenvalue weighted by molar-refractivity contribution is 5.61. The molecule has 0 N–H and O–H groups in total. The predicted octanol–water partition coefficient (Wildman–Crippen LogP) is 2.26. The molecule has 0 fully saturated rings. The Morgan fingerprint density at radius 1 is 1.20 bits per heavy atom. The van der Waals surface area contributed by atoms with Crippen molar-refractivity contribution in [3.63, 3.8) is 0 Å². The van der Waals surface area contributed by atoms with E-state index in [1.54, 1.807) is 12.3 Å². The molecule has 2 heterocycles. The van der Waals surface area contributed by atoms with Gasteiger partial charge in [0.15, 0.2) is 0 Å². The third-order valence-corrected chi connectivity index (χ3v) is 2.75. The lowest BCUT2D eigenvalue weighted by Crippen LogP contribution is -1.89. The first-order chi connectivity index (χ1) is 9.88. The Bertz CT molecular complexity index is 760. The first-order valence-electron chi connectivity index (χ1n) is 5.94. The molecule has 6 nitrogen and oxygen atoms in total. The van der Waals surface area contributed by atoms with Crippen LogP contribution in [0.3, 0.4) is 0 Å². The summed E-state index contributed by atoms with van der Waals surface area (Å²) in [7, 11) is 0. The molecule has 0 aliphatic heterocycles. The van der Waals surface area contributed by atoms with Gasteiger partial charge in [0, 0.05) is 11.8 Å². The van der Waals surface area contributed by atoms with E-state index >= 15 is 0 Å². The Labute approximate surface area is 114 Å². The first-order valence-corrected chi connectivity index (χ1v) is 5.94. The topological polar surface area (TPSA) is 88.5 Å². The summed E-state index contributed by atoms with van der Waals surface area (Å²) in [6.07, 6.45) is 3.33. The Morgan fingerprint density at radius 3 is 2.90 bits per heavy atom. The lowest BCUT2D eigenvalue weighted by Gasteiger charge is -2.00. The van der Waals surface area contributed by atoms with E-state index in [1.165, 1.54) is 6.33 Å². The fraction of sp³-hybridized carbons (Fsp3) is 0.0714. The number of hydrogen-bond acceptors (Lipinski definition) is 6. The minimum Gasteiger partial charge on any atom is -0.334 e. The van der Waals surface area contributed by atoms with Crippen molar-refractivity contribution in [3.8, 4) is 29.0 Å². The second-order valence-electron chi connectivity index (χ2n) is 4.01. The van der Waals surface area contributed by atoms with Gasteiger partial charge in [0.2, 0.25) is 5.82 Å². The molecule has 0 radical (unpaired) electrons. The standard InChI is InChI=1S/C14H9N5O/c15-7-5-10-3-1-2-4-11(10)14-18-13(19-20-14)12-6-8-16-9-17-12/h1-4,6,8-9H,5H2. The fourth-order valence-corrected chi connectivity index (χ4v) is 1.83. The minimum atomic E-state index is 0.293. The Balaban J connectivity index is 2.01. The van der Waals surface area contributed by atoms with Gasteiger partial charge in [0.25, 0.3) is 5.89 Å². The van der Waals surface area contributed by atoms with Crippen LogP contribution in [0.2, 0.25) is 0 Å². The highest BCUT2D eigenvalue weighted by Crippen LogP contribution is 2.24. The Kier molecular flexibility index (Phi) is 3.17. The molecular weight excluding hydrogens is 254 g/mol. The van der Waals surface area contributed by atoms with Crippen molar-refractivity contribution < 1.29 is 4.52 Å². The summed E-state index contributed by atoms with van der Waals surface area (Å²) < 4.78 is 5.26. The maximum atomic E-state index is 8.84. The number of hydrogen-bond donors (Lipinski definition) is 0. The van der Waals surface area contributed by atoms with E-state index in [2.05, 4.69) is 26.2 Å². The zero-order valence-corrected chi connectivity index (χ0v) is 10.4. The van der Waals surface area contributed by atoms with Gasteiger partial charge in [-0.25, -0.2) is 9.97 Å². The summed E-state index contributed by atoms with van der Waals surface area (Å²) in [5.41, 5.74) is 2.21. The van der Waals surface area contributed by atoms with Crippen LogP contribution < -0.4 is 0 Å². The van der Waals surface area contributed by atoms with E-state index in [0.29, 0.717) is 23.8 Å². The summed E-state index contributed by atoms with van der Waals surface area (Å²) in [5.74, 6) is 0.777. The van der Waals surface area contributed by atoms with Crippen molar-refractivity contribution in [2.45, 2.75) is 6.42 Å². The maximum absolute atomic E-state index is 8.84. The summed E-state index contributed by atoms with van der Waals surface area (Å²) in [6, 6.07) is 11.3. The molecule has 0 unspecified atom stereocenters. The molecule has 96 valence electrons. The number of nitriles is 1. The summed E-state index contributed by atoms with van der Waals surface area (Å²) in [4.78, 5) is 12.2. The van der Waals surface area contributed by atoms with Gasteiger partial charge in [-0.1, -0.05) is 23.4 Å². The molecule has 3 rings (SSSR count). The smallest absolute Gasteiger partial charge is 0.258 e. The first kappa shape index (κ1) is 12.0. The molecule has 0 atom stereocenters. The third kappa shape index (κ3) is 2.24. The highest BCUT2D eigenvalue weighted by atomic mass is 16.5. The molecule has 1 aromatic carbocycles. The molecule has 20 heavy (non-hydrogen) atoms. The van der Waals surface area contributed by atoms with Crippen LogP contribution in [0.4, 0.5) is 0 Å². The van der Waals surface area contributed by atoms with Crippen molar-refractivity contribution >= 4 is 0 Å². The third-order valence-electron chi connectivity index (χ3n) is 2.75. The minimum absolute atomic E-state index is 0.293. The molecule has 3 aromatic rings. The summed E-state index contributed by atoms with van der Waals surface area (Å²) in [5, 5.41) is 12.7. The van der Waals surface area contributed by atoms with E-state index in [0.717, 1.165) is 11.1 Å². The lowest BCUT2D eigenvalue weighted by atomic mass is 10.1. The molecule has 0 aliphatic rings. The molecule has 0 amide bonds. The Morgan fingerprint density at radius 2 is 2.10 bits per heavy atom. The maximum Gasteiger partial charge on any atom is 0.258 e. The van der Waals surface area contributed by atoms with Crippen LogP contribution in [-0.4, -0.2) is 20.1 Å². The van der Waals surface area contributed by atoms with Crippen LogP contribution in [-0.2, 0) is 6.42 Å². The number of rotatable bonds is 3. The van der Waals surface area contributed by atoms with Crippen molar-refractivity contribution in [1.29, 1.82) is 5.26 Å². The number of benzene rings is 1. The van der Waals surface area contributed by atoms with E-state index < -0.39 is 0 Å². The number of aromatic nitrogens is 4. The largest absolute Gasteiger partial charge is 0.334 e. The van der Waals surface area contributed by atoms with Gasteiger partial charge in [-0.05, 0) is 17.7 Å². The quantitative estimate of drug-likeness (QED) is 0.720. The molecule has 6 heteroatoms. The van der Waals surface area contributed by atoms with E-state index in [9.17, 15) is 0 Å². The highest BCUT2D eigenvalue weighted by Gasteiger charge is 2.14. The molecule has 0 spiro atoms. The van der Waals surface area contributed by atoms with Gasteiger partial charge in [0.05, 0.1) is 12.5 Å². The molecule has 0 saturated heterocycles. The van der Waals surface area contributed by atoms with Crippen LogP contribution in [0.5, 0.6) is 0 Å². The lowest BCUT2D eigenvalue weighted by molar-refractivity contribution is 0.432. The van der Waals surface area contributed by atoms with Crippen LogP contribution >= 0.6 is 0 Å². The van der Waals surface area contributed by atoms with Gasteiger partial charge in [-0.2, -0.15) is 10.2 Å². The van der Waals surface area contributed by atoms with Crippen molar-refractivity contribution in [3.05, 3.63) is 48.4 Å². The predicted molar refractivity (Wildman–Crippen MR) is 70.1 cm³/mol. The zero-order chi connectivity index (χ0) is 13.8. The fourth-order valence-electron chi connectivity index (χ4n) is 1.83. The molecule has 0 saturated carbocycles. The molecular formula is C14H9N5O. The number of nitrogens with zero attached hydrogens (tertiary/aromatic N) is 5. The van der Waals surface area contributed by atoms with Crippen LogP contribution in [0, 0.1) is 11.3 Å². The summed E-state index contributed by atoms with van der Waals surface area (Å²) in [6.45, 7) is 0. The molecule has 0 bridgehead atoms.